The molecule has 0 N–H and O–H groups in total. The van der Waals surface area contributed by atoms with E-state index in [9.17, 15) is 0 Å². The minimum absolute atomic E-state index is 0.612. The van der Waals surface area contributed by atoms with E-state index in [1.165, 1.54) is 27.4 Å². The van der Waals surface area contributed by atoms with Crippen molar-refractivity contribution >= 4 is 60.7 Å². The van der Waals surface area contributed by atoms with Gasteiger partial charge in [0.1, 0.15) is 5.52 Å². The molecule has 0 radical (unpaired) electrons. The Morgan fingerprint density at radius 1 is 0.431 bits per heavy atom. The van der Waals surface area contributed by atoms with Crippen LogP contribution in [0.1, 0.15) is 0 Å². The summed E-state index contributed by atoms with van der Waals surface area (Å²) in [6.45, 7) is 0. The first-order valence-corrected chi connectivity index (χ1v) is 17.2. The van der Waals surface area contributed by atoms with Crippen LogP contribution in [0, 0.1) is 0 Å². The normalized spacial score (nSPS) is 11.5. The van der Waals surface area contributed by atoms with Crippen LogP contribution >= 0.6 is 0 Å². The molecule has 0 aliphatic rings. The lowest BCUT2D eigenvalue weighted by Gasteiger charge is -2.27. The van der Waals surface area contributed by atoms with E-state index in [1.54, 1.807) is 0 Å². The van der Waals surface area contributed by atoms with Crippen LogP contribution in [0.25, 0.3) is 71.9 Å². The maximum absolute atomic E-state index is 6.50. The molecule has 0 saturated carbocycles. The standard InChI is InChI=1S/C47H31N3O/c1-4-14-32(15-5-1)33-24-26-36(27-25-33)49(37-28-29-40-38-20-12-13-23-43(38)50(44(40)30-37)35-18-8-3-9-19-35)45-31-42-46(41-22-11-10-21-39(41)45)51-47(48-42)34-16-6-2-7-17-34/h1-31H. The van der Waals surface area contributed by atoms with E-state index in [0.29, 0.717) is 5.89 Å². The van der Waals surface area contributed by atoms with Crippen LogP contribution in [0.3, 0.4) is 0 Å². The molecule has 240 valence electrons. The zero-order valence-electron chi connectivity index (χ0n) is 27.6. The number of para-hydroxylation sites is 2. The highest BCUT2D eigenvalue weighted by Gasteiger charge is 2.22. The minimum Gasteiger partial charge on any atom is -0.435 e. The molecule has 0 amide bonds. The Labute approximate surface area is 295 Å². The highest BCUT2D eigenvalue weighted by atomic mass is 16.3. The average Bonchev–Trinajstić information content (AvgIpc) is 3.79. The Balaban J connectivity index is 1.24. The summed E-state index contributed by atoms with van der Waals surface area (Å²) >= 11 is 0. The Hall–Kier alpha value is -6.91. The van der Waals surface area contributed by atoms with Crippen LogP contribution in [0.2, 0.25) is 0 Å². The minimum atomic E-state index is 0.612. The summed E-state index contributed by atoms with van der Waals surface area (Å²) in [5, 5.41) is 4.54. The van der Waals surface area contributed by atoms with Gasteiger partial charge in [-0.2, -0.15) is 0 Å². The molecule has 0 aliphatic carbocycles. The van der Waals surface area contributed by atoms with Crippen LogP contribution in [-0.4, -0.2) is 9.55 Å². The predicted molar refractivity (Wildman–Crippen MR) is 211 cm³/mol. The van der Waals surface area contributed by atoms with Gasteiger partial charge in [-0.05, 0) is 71.8 Å². The van der Waals surface area contributed by atoms with Gasteiger partial charge in [-0.15, -0.1) is 0 Å². The zero-order chi connectivity index (χ0) is 33.7. The summed E-state index contributed by atoms with van der Waals surface area (Å²) in [7, 11) is 0. The number of fused-ring (bicyclic) bond motifs is 6. The molecule has 0 saturated heterocycles. The second-order valence-corrected chi connectivity index (χ2v) is 12.8. The summed E-state index contributed by atoms with van der Waals surface area (Å²) in [5.74, 6) is 0.612. The van der Waals surface area contributed by atoms with E-state index in [-0.39, 0.29) is 0 Å². The smallest absolute Gasteiger partial charge is 0.227 e. The van der Waals surface area contributed by atoms with Crippen LogP contribution in [-0.2, 0) is 0 Å². The molecule has 4 heteroatoms. The molecule has 2 heterocycles. The molecule has 4 nitrogen and oxygen atoms in total. The average molecular weight is 654 g/mol. The largest absolute Gasteiger partial charge is 0.435 e. The summed E-state index contributed by atoms with van der Waals surface area (Å²) in [5.41, 5.74) is 11.5. The Morgan fingerprint density at radius 3 is 1.75 bits per heavy atom. The van der Waals surface area contributed by atoms with Gasteiger partial charge in [0.15, 0.2) is 5.58 Å². The SMILES string of the molecule is c1ccc(-c2ccc(N(c3ccc4c5ccccc5n(-c5ccccc5)c4c3)c3cc4nc(-c5ccccc5)oc4c4ccccc34)cc2)cc1. The quantitative estimate of drug-likeness (QED) is 0.179. The van der Waals surface area contributed by atoms with Gasteiger partial charge in [0, 0.05) is 44.2 Å². The molecule has 0 atom stereocenters. The fourth-order valence-electron chi connectivity index (χ4n) is 7.44. The van der Waals surface area contributed by atoms with Crippen molar-refractivity contribution in [2.45, 2.75) is 0 Å². The molecule has 10 aromatic rings. The van der Waals surface area contributed by atoms with E-state index >= 15 is 0 Å². The van der Waals surface area contributed by atoms with Crippen LogP contribution in [0.4, 0.5) is 17.1 Å². The maximum atomic E-state index is 6.50. The number of oxazole rings is 1. The van der Waals surface area contributed by atoms with E-state index in [0.717, 1.165) is 55.7 Å². The Kier molecular flexibility index (Phi) is 6.78. The lowest BCUT2D eigenvalue weighted by molar-refractivity contribution is 0.623. The van der Waals surface area contributed by atoms with Crippen molar-refractivity contribution in [3.63, 3.8) is 0 Å². The first-order valence-electron chi connectivity index (χ1n) is 17.2. The fraction of sp³-hybridized carbons (Fsp3) is 0. The highest BCUT2D eigenvalue weighted by molar-refractivity contribution is 6.13. The second kappa shape index (κ2) is 11.9. The third-order valence-corrected chi connectivity index (χ3v) is 9.80. The number of rotatable bonds is 6. The van der Waals surface area contributed by atoms with E-state index < -0.39 is 0 Å². The molecule has 0 aliphatic heterocycles. The maximum Gasteiger partial charge on any atom is 0.227 e. The number of hydrogen-bond acceptors (Lipinski definition) is 3. The first-order chi connectivity index (χ1) is 25.3. The van der Waals surface area contributed by atoms with Gasteiger partial charge in [-0.3, -0.25) is 0 Å². The number of nitrogens with zero attached hydrogens (tertiary/aromatic N) is 3. The molecular weight excluding hydrogens is 623 g/mol. The van der Waals surface area contributed by atoms with Crippen molar-refractivity contribution in [2.24, 2.45) is 0 Å². The molecule has 0 bridgehead atoms. The van der Waals surface area contributed by atoms with Crippen LogP contribution in [0.5, 0.6) is 0 Å². The van der Waals surface area contributed by atoms with Crippen molar-refractivity contribution in [2.75, 3.05) is 4.90 Å². The Bertz CT molecular complexity index is 2840. The predicted octanol–water partition coefficient (Wildman–Crippen LogP) is 12.9. The summed E-state index contributed by atoms with van der Waals surface area (Å²) in [4.78, 5) is 7.41. The summed E-state index contributed by atoms with van der Waals surface area (Å²) < 4.78 is 8.87. The molecule has 2 aromatic heterocycles. The van der Waals surface area contributed by atoms with Crippen molar-refractivity contribution in [1.82, 2.24) is 9.55 Å². The van der Waals surface area contributed by atoms with Gasteiger partial charge in [0.25, 0.3) is 0 Å². The summed E-state index contributed by atoms with van der Waals surface area (Å²) in [6, 6.07) is 66.3. The van der Waals surface area contributed by atoms with Crippen LogP contribution in [0.15, 0.2) is 192 Å². The monoisotopic (exact) mass is 653 g/mol. The van der Waals surface area contributed by atoms with Crippen molar-refractivity contribution < 1.29 is 4.42 Å². The highest BCUT2D eigenvalue weighted by Crippen LogP contribution is 2.45. The van der Waals surface area contributed by atoms with Crippen LogP contribution < -0.4 is 4.90 Å². The van der Waals surface area contributed by atoms with Gasteiger partial charge in [-0.1, -0.05) is 127 Å². The fourth-order valence-corrected chi connectivity index (χ4v) is 7.44. The van der Waals surface area contributed by atoms with Crippen molar-refractivity contribution in [3.05, 3.63) is 188 Å². The van der Waals surface area contributed by atoms with Gasteiger partial charge < -0.3 is 13.9 Å². The molecular formula is C47H31N3O. The molecule has 10 rings (SSSR count). The molecule has 0 unspecified atom stereocenters. The zero-order valence-corrected chi connectivity index (χ0v) is 27.6. The van der Waals surface area contributed by atoms with Gasteiger partial charge in [-0.25, -0.2) is 4.98 Å². The van der Waals surface area contributed by atoms with Crippen molar-refractivity contribution in [3.8, 4) is 28.3 Å². The number of benzene rings is 8. The molecule has 0 spiro atoms. The van der Waals surface area contributed by atoms with E-state index in [2.05, 4.69) is 167 Å². The third kappa shape index (κ3) is 4.88. The molecule has 8 aromatic carbocycles. The first kappa shape index (κ1) is 29.0. The topological polar surface area (TPSA) is 34.2 Å². The van der Waals surface area contributed by atoms with E-state index in [1.807, 2.05) is 30.3 Å². The van der Waals surface area contributed by atoms with Gasteiger partial charge in [0.05, 0.1) is 16.7 Å². The number of anilines is 3. The lowest BCUT2D eigenvalue weighted by atomic mass is 10.0. The summed E-state index contributed by atoms with van der Waals surface area (Å²) in [6.07, 6.45) is 0. The van der Waals surface area contributed by atoms with Crippen molar-refractivity contribution in [1.29, 1.82) is 0 Å². The third-order valence-electron chi connectivity index (χ3n) is 9.80. The van der Waals surface area contributed by atoms with Gasteiger partial charge >= 0.3 is 0 Å². The Morgan fingerprint density at radius 2 is 1.00 bits per heavy atom. The molecule has 0 fully saturated rings. The molecule has 51 heavy (non-hydrogen) atoms. The number of hydrogen-bond donors (Lipinski definition) is 0. The van der Waals surface area contributed by atoms with Gasteiger partial charge in [0.2, 0.25) is 5.89 Å². The lowest BCUT2D eigenvalue weighted by Crippen LogP contribution is -2.11. The van der Waals surface area contributed by atoms with E-state index in [4.69, 9.17) is 9.40 Å². The second-order valence-electron chi connectivity index (χ2n) is 12.8. The number of aromatic nitrogens is 2.